The number of hydrogen-bond acceptors (Lipinski definition) is 3. The van der Waals surface area contributed by atoms with E-state index in [1.807, 2.05) is 12.1 Å². The molecule has 0 amide bonds. The van der Waals surface area contributed by atoms with Gasteiger partial charge in [0.25, 0.3) is 0 Å². The van der Waals surface area contributed by atoms with E-state index in [1.54, 1.807) is 23.9 Å². The highest BCUT2D eigenvalue weighted by Crippen LogP contribution is 2.18. The zero-order valence-corrected chi connectivity index (χ0v) is 8.59. The van der Waals surface area contributed by atoms with Gasteiger partial charge < -0.3 is 10.8 Å². The number of nitrogens with two attached hydrogens (primary N) is 1. The van der Waals surface area contributed by atoms with Crippen LogP contribution in [0.3, 0.4) is 0 Å². The van der Waals surface area contributed by atoms with Crippen LogP contribution < -0.4 is 5.73 Å². The van der Waals surface area contributed by atoms with Gasteiger partial charge in [-0.25, -0.2) is 4.79 Å². The van der Waals surface area contributed by atoms with Crippen LogP contribution in [-0.4, -0.2) is 23.4 Å². The van der Waals surface area contributed by atoms with Crippen molar-refractivity contribution in [2.45, 2.75) is 11.3 Å². The van der Waals surface area contributed by atoms with Gasteiger partial charge >= 0.3 is 5.97 Å². The van der Waals surface area contributed by atoms with E-state index in [1.165, 1.54) is 0 Å². The average molecular weight is 211 g/mol. The lowest BCUT2D eigenvalue weighted by Crippen LogP contribution is -1.99. The first-order chi connectivity index (χ1) is 6.74. The lowest BCUT2D eigenvalue weighted by Gasteiger charge is -2.00. The van der Waals surface area contributed by atoms with E-state index in [9.17, 15) is 4.79 Å². The molecule has 0 radical (unpaired) electrons. The molecule has 4 heteroatoms. The highest BCUT2D eigenvalue weighted by molar-refractivity contribution is 7.99. The van der Waals surface area contributed by atoms with Crippen molar-refractivity contribution in [2.75, 3.05) is 12.3 Å². The van der Waals surface area contributed by atoms with E-state index in [4.69, 9.17) is 10.8 Å². The molecule has 0 aliphatic heterocycles. The van der Waals surface area contributed by atoms with Crippen LogP contribution in [0.5, 0.6) is 0 Å². The average Bonchev–Trinajstić information content (AvgIpc) is 2.19. The SMILES string of the molecule is NCCCSc1ccc(C(=O)O)cc1. The normalized spacial score (nSPS) is 10.1. The Hall–Kier alpha value is -1.00. The largest absolute Gasteiger partial charge is 0.478 e. The molecule has 0 bridgehead atoms. The third kappa shape index (κ3) is 3.40. The molecule has 0 saturated carbocycles. The maximum atomic E-state index is 10.5. The third-order valence-corrected chi connectivity index (χ3v) is 2.82. The number of hydrogen-bond donors (Lipinski definition) is 2. The summed E-state index contributed by atoms with van der Waals surface area (Å²) in [4.78, 5) is 11.6. The van der Waals surface area contributed by atoms with Crippen LogP contribution in [0.15, 0.2) is 29.2 Å². The van der Waals surface area contributed by atoms with Crippen molar-refractivity contribution in [1.29, 1.82) is 0 Å². The van der Waals surface area contributed by atoms with Gasteiger partial charge in [-0.3, -0.25) is 0 Å². The third-order valence-electron chi connectivity index (χ3n) is 1.72. The van der Waals surface area contributed by atoms with E-state index >= 15 is 0 Å². The van der Waals surface area contributed by atoms with Crippen molar-refractivity contribution in [3.8, 4) is 0 Å². The van der Waals surface area contributed by atoms with E-state index in [2.05, 4.69) is 0 Å². The Morgan fingerprint density at radius 2 is 2.00 bits per heavy atom. The predicted molar refractivity (Wildman–Crippen MR) is 57.8 cm³/mol. The van der Waals surface area contributed by atoms with Gasteiger partial charge in [0.05, 0.1) is 5.56 Å². The first kappa shape index (κ1) is 11.1. The number of carboxylic acid groups (broad SMARTS) is 1. The number of thioether (sulfide) groups is 1. The zero-order valence-electron chi connectivity index (χ0n) is 7.77. The van der Waals surface area contributed by atoms with Crippen molar-refractivity contribution in [3.05, 3.63) is 29.8 Å². The van der Waals surface area contributed by atoms with Crippen LogP contribution in [0.4, 0.5) is 0 Å². The summed E-state index contributed by atoms with van der Waals surface area (Å²) < 4.78 is 0. The lowest BCUT2D eigenvalue weighted by molar-refractivity contribution is 0.0697. The summed E-state index contributed by atoms with van der Waals surface area (Å²) >= 11 is 1.69. The second kappa shape index (κ2) is 5.67. The molecular formula is C10H13NO2S. The lowest BCUT2D eigenvalue weighted by atomic mass is 10.2. The molecule has 0 atom stereocenters. The van der Waals surface area contributed by atoms with Crippen molar-refractivity contribution < 1.29 is 9.90 Å². The van der Waals surface area contributed by atoms with Crippen molar-refractivity contribution in [1.82, 2.24) is 0 Å². The van der Waals surface area contributed by atoms with Crippen LogP contribution in [0.1, 0.15) is 16.8 Å². The van der Waals surface area contributed by atoms with Gasteiger partial charge in [-0.15, -0.1) is 11.8 Å². The summed E-state index contributed by atoms with van der Waals surface area (Å²) in [7, 11) is 0. The molecule has 76 valence electrons. The predicted octanol–water partition coefficient (Wildman–Crippen LogP) is 1.83. The summed E-state index contributed by atoms with van der Waals surface area (Å²) in [5, 5.41) is 8.67. The fourth-order valence-corrected chi connectivity index (χ4v) is 1.84. The van der Waals surface area contributed by atoms with Gasteiger partial charge in [-0.05, 0) is 43.0 Å². The molecule has 0 aromatic heterocycles. The Balaban J connectivity index is 2.51. The number of rotatable bonds is 5. The highest BCUT2D eigenvalue weighted by atomic mass is 32.2. The topological polar surface area (TPSA) is 63.3 Å². The van der Waals surface area contributed by atoms with E-state index in [0.717, 1.165) is 17.1 Å². The Morgan fingerprint density at radius 1 is 1.36 bits per heavy atom. The zero-order chi connectivity index (χ0) is 10.4. The van der Waals surface area contributed by atoms with Gasteiger partial charge in [0.2, 0.25) is 0 Å². The van der Waals surface area contributed by atoms with Crippen LogP contribution in [0.25, 0.3) is 0 Å². The number of carbonyl (C=O) groups is 1. The molecule has 14 heavy (non-hydrogen) atoms. The number of carboxylic acids is 1. The van der Waals surface area contributed by atoms with E-state index < -0.39 is 5.97 Å². The molecule has 0 saturated heterocycles. The van der Waals surface area contributed by atoms with Crippen molar-refractivity contribution >= 4 is 17.7 Å². The Labute approximate surface area is 87.3 Å². The summed E-state index contributed by atoms with van der Waals surface area (Å²) in [6, 6.07) is 6.88. The fourth-order valence-electron chi connectivity index (χ4n) is 0.967. The monoisotopic (exact) mass is 211 g/mol. The Bertz CT molecular complexity index is 297. The molecule has 0 aliphatic carbocycles. The molecule has 3 nitrogen and oxygen atoms in total. The Kier molecular flexibility index (Phi) is 4.49. The molecule has 0 fully saturated rings. The van der Waals surface area contributed by atoms with E-state index in [-0.39, 0.29) is 0 Å². The van der Waals surface area contributed by atoms with E-state index in [0.29, 0.717) is 12.1 Å². The summed E-state index contributed by atoms with van der Waals surface area (Å²) in [5.74, 6) is 0.0895. The molecule has 1 aromatic carbocycles. The van der Waals surface area contributed by atoms with Gasteiger partial charge in [-0.1, -0.05) is 0 Å². The van der Waals surface area contributed by atoms with Gasteiger partial charge in [0.1, 0.15) is 0 Å². The first-order valence-corrected chi connectivity index (χ1v) is 5.39. The minimum atomic E-state index is -0.886. The van der Waals surface area contributed by atoms with Crippen LogP contribution in [-0.2, 0) is 0 Å². The fraction of sp³-hybridized carbons (Fsp3) is 0.300. The van der Waals surface area contributed by atoms with Crippen LogP contribution in [0, 0.1) is 0 Å². The maximum Gasteiger partial charge on any atom is 0.335 e. The number of benzene rings is 1. The van der Waals surface area contributed by atoms with Crippen LogP contribution >= 0.6 is 11.8 Å². The number of aromatic carboxylic acids is 1. The van der Waals surface area contributed by atoms with Gasteiger partial charge in [-0.2, -0.15) is 0 Å². The van der Waals surface area contributed by atoms with Crippen molar-refractivity contribution in [3.63, 3.8) is 0 Å². The van der Waals surface area contributed by atoms with Crippen LogP contribution in [0.2, 0.25) is 0 Å². The smallest absolute Gasteiger partial charge is 0.335 e. The van der Waals surface area contributed by atoms with Gasteiger partial charge in [0, 0.05) is 4.90 Å². The standard InChI is InChI=1S/C10H13NO2S/c11-6-1-7-14-9-4-2-8(3-5-9)10(12)13/h2-5H,1,6-7,11H2,(H,12,13). The summed E-state index contributed by atoms with van der Waals surface area (Å²) in [6.45, 7) is 0.695. The quantitative estimate of drug-likeness (QED) is 0.576. The second-order valence-corrected chi connectivity index (χ2v) is 3.99. The summed E-state index contributed by atoms with van der Waals surface area (Å²) in [5.41, 5.74) is 5.69. The molecule has 0 unspecified atom stereocenters. The van der Waals surface area contributed by atoms with Gasteiger partial charge in [0.15, 0.2) is 0 Å². The molecule has 3 N–H and O–H groups in total. The molecule has 1 aromatic rings. The van der Waals surface area contributed by atoms with Crippen molar-refractivity contribution in [2.24, 2.45) is 5.73 Å². The maximum absolute atomic E-state index is 10.5. The minimum absolute atomic E-state index is 0.327. The molecule has 0 spiro atoms. The second-order valence-electron chi connectivity index (χ2n) is 2.82. The summed E-state index contributed by atoms with van der Waals surface area (Å²) in [6.07, 6.45) is 0.978. The molecular weight excluding hydrogens is 198 g/mol. The Morgan fingerprint density at radius 3 is 2.50 bits per heavy atom. The minimum Gasteiger partial charge on any atom is -0.478 e. The molecule has 0 heterocycles. The highest BCUT2D eigenvalue weighted by Gasteiger charge is 2.01. The first-order valence-electron chi connectivity index (χ1n) is 4.40. The molecule has 0 aliphatic rings. The molecule has 1 rings (SSSR count).